The van der Waals surface area contributed by atoms with Gasteiger partial charge in [0.05, 0.1) is 4.88 Å². The molecule has 1 heterocycles. The van der Waals surface area contributed by atoms with E-state index in [0.717, 1.165) is 9.90 Å². The molecule has 0 amide bonds. The SMILES string of the molecule is c1ccc(Sc2nnsc2-c2ccccc2)cc1. The van der Waals surface area contributed by atoms with Crippen molar-refractivity contribution in [2.45, 2.75) is 9.92 Å². The number of aromatic nitrogens is 2. The van der Waals surface area contributed by atoms with Crippen LogP contribution < -0.4 is 0 Å². The third-order valence-corrected chi connectivity index (χ3v) is 4.34. The molecule has 18 heavy (non-hydrogen) atoms. The summed E-state index contributed by atoms with van der Waals surface area (Å²) in [5, 5.41) is 5.19. The molecule has 0 aliphatic heterocycles. The molecule has 0 spiro atoms. The minimum absolute atomic E-state index is 0.970. The maximum Gasteiger partial charge on any atom is 0.144 e. The molecule has 0 radical (unpaired) electrons. The van der Waals surface area contributed by atoms with E-state index in [1.165, 1.54) is 22.0 Å². The van der Waals surface area contributed by atoms with Crippen LogP contribution in [0.15, 0.2) is 70.6 Å². The van der Waals surface area contributed by atoms with Gasteiger partial charge in [-0.15, -0.1) is 5.10 Å². The highest BCUT2D eigenvalue weighted by Gasteiger charge is 2.11. The molecule has 0 bridgehead atoms. The van der Waals surface area contributed by atoms with Crippen LogP contribution in [0.4, 0.5) is 0 Å². The van der Waals surface area contributed by atoms with Crippen molar-refractivity contribution in [1.29, 1.82) is 0 Å². The topological polar surface area (TPSA) is 25.8 Å². The molecule has 0 unspecified atom stereocenters. The largest absolute Gasteiger partial charge is 0.144 e. The summed E-state index contributed by atoms with van der Waals surface area (Å²) in [7, 11) is 0. The van der Waals surface area contributed by atoms with Gasteiger partial charge in [-0.3, -0.25) is 0 Å². The van der Waals surface area contributed by atoms with Gasteiger partial charge in [0.1, 0.15) is 5.03 Å². The molecule has 3 rings (SSSR count). The van der Waals surface area contributed by atoms with Gasteiger partial charge in [0, 0.05) is 4.90 Å². The monoisotopic (exact) mass is 270 g/mol. The summed E-state index contributed by atoms with van der Waals surface area (Å²) in [4.78, 5) is 2.31. The third kappa shape index (κ3) is 2.44. The van der Waals surface area contributed by atoms with Crippen molar-refractivity contribution in [2.75, 3.05) is 0 Å². The molecule has 0 atom stereocenters. The zero-order valence-electron chi connectivity index (χ0n) is 9.48. The number of rotatable bonds is 3. The van der Waals surface area contributed by atoms with E-state index < -0.39 is 0 Å². The van der Waals surface area contributed by atoms with Gasteiger partial charge < -0.3 is 0 Å². The summed E-state index contributed by atoms with van der Waals surface area (Å²) in [5.74, 6) is 0. The van der Waals surface area contributed by atoms with Gasteiger partial charge in [0.2, 0.25) is 0 Å². The van der Waals surface area contributed by atoms with E-state index in [2.05, 4.69) is 33.9 Å². The quantitative estimate of drug-likeness (QED) is 0.707. The summed E-state index contributed by atoms with van der Waals surface area (Å²) in [6.45, 7) is 0. The zero-order chi connectivity index (χ0) is 12.2. The summed E-state index contributed by atoms with van der Waals surface area (Å²) in [5.41, 5.74) is 1.17. The molecule has 2 aromatic carbocycles. The van der Waals surface area contributed by atoms with Crippen LogP contribution in [0.1, 0.15) is 0 Å². The Morgan fingerprint density at radius 2 is 1.50 bits per heavy atom. The molecule has 88 valence electrons. The minimum atomic E-state index is 0.970. The Balaban J connectivity index is 1.93. The zero-order valence-corrected chi connectivity index (χ0v) is 11.1. The normalized spacial score (nSPS) is 10.4. The van der Waals surface area contributed by atoms with Crippen LogP contribution in [0.25, 0.3) is 10.4 Å². The number of nitrogens with zero attached hydrogens (tertiary/aromatic N) is 2. The van der Waals surface area contributed by atoms with E-state index in [1.807, 2.05) is 36.4 Å². The first kappa shape index (κ1) is 11.4. The van der Waals surface area contributed by atoms with E-state index in [1.54, 1.807) is 11.8 Å². The van der Waals surface area contributed by atoms with Crippen LogP contribution in [-0.4, -0.2) is 9.59 Å². The Bertz CT molecular complexity index is 621. The molecule has 1 aromatic heterocycles. The predicted octanol–water partition coefficient (Wildman–Crippen LogP) is 4.36. The van der Waals surface area contributed by atoms with Gasteiger partial charge in [0.25, 0.3) is 0 Å². The van der Waals surface area contributed by atoms with Crippen molar-refractivity contribution < 1.29 is 0 Å². The van der Waals surface area contributed by atoms with E-state index in [0.29, 0.717) is 0 Å². The fourth-order valence-corrected chi connectivity index (χ4v) is 3.28. The molecule has 0 saturated heterocycles. The van der Waals surface area contributed by atoms with Crippen LogP contribution in [0.2, 0.25) is 0 Å². The lowest BCUT2D eigenvalue weighted by Gasteiger charge is -2.00. The first-order valence-electron chi connectivity index (χ1n) is 5.54. The van der Waals surface area contributed by atoms with Crippen LogP contribution in [0.3, 0.4) is 0 Å². The fourth-order valence-electron chi connectivity index (χ4n) is 1.62. The van der Waals surface area contributed by atoms with Gasteiger partial charge in [-0.05, 0) is 29.2 Å². The Morgan fingerprint density at radius 1 is 0.833 bits per heavy atom. The molecule has 0 saturated carbocycles. The molecule has 3 aromatic rings. The lowest BCUT2D eigenvalue weighted by molar-refractivity contribution is 1.04. The van der Waals surface area contributed by atoms with Gasteiger partial charge in [-0.2, -0.15) is 0 Å². The lowest BCUT2D eigenvalue weighted by Crippen LogP contribution is -1.78. The van der Waals surface area contributed by atoms with Crippen molar-refractivity contribution >= 4 is 23.3 Å². The van der Waals surface area contributed by atoms with Crippen molar-refractivity contribution in [2.24, 2.45) is 0 Å². The highest BCUT2D eigenvalue weighted by Crippen LogP contribution is 2.36. The fraction of sp³-hybridized carbons (Fsp3) is 0. The number of hydrogen-bond acceptors (Lipinski definition) is 4. The van der Waals surface area contributed by atoms with Crippen molar-refractivity contribution in [3.8, 4) is 10.4 Å². The van der Waals surface area contributed by atoms with Crippen LogP contribution in [0.5, 0.6) is 0 Å². The summed E-state index contributed by atoms with van der Waals surface area (Å²) in [6.07, 6.45) is 0. The smallest absolute Gasteiger partial charge is 0.131 e. The van der Waals surface area contributed by atoms with Crippen molar-refractivity contribution in [3.63, 3.8) is 0 Å². The summed E-state index contributed by atoms with van der Waals surface area (Å²) in [6, 6.07) is 20.5. The summed E-state index contributed by atoms with van der Waals surface area (Å²) >= 11 is 3.09. The average Bonchev–Trinajstić information content (AvgIpc) is 2.89. The van der Waals surface area contributed by atoms with Gasteiger partial charge in [-0.1, -0.05) is 64.8 Å². The van der Waals surface area contributed by atoms with E-state index >= 15 is 0 Å². The van der Waals surface area contributed by atoms with Crippen LogP contribution in [0, 0.1) is 0 Å². The molecular weight excluding hydrogens is 260 g/mol. The van der Waals surface area contributed by atoms with Crippen molar-refractivity contribution in [3.05, 3.63) is 60.7 Å². The third-order valence-electron chi connectivity index (χ3n) is 2.45. The average molecular weight is 270 g/mol. The molecule has 0 N–H and O–H groups in total. The van der Waals surface area contributed by atoms with Gasteiger partial charge in [-0.25, -0.2) is 0 Å². The second-order valence-electron chi connectivity index (χ2n) is 3.69. The molecule has 4 heteroatoms. The van der Waals surface area contributed by atoms with Gasteiger partial charge in [0.15, 0.2) is 0 Å². The van der Waals surface area contributed by atoms with E-state index in [9.17, 15) is 0 Å². The predicted molar refractivity (Wildman–Crippen MR) is 75.9 cm³/mol. The Labute approximate surface area is 114 Å². The van der Waals surface area contributed by atoms with E-state index in [4.69, 9.17) is 0 Å². The highest BCUT2D eigenvalue weighted by atomic mass is 32.2. The molecule has 0 aliphatic rings. The molecule has 2 nitrogen and oxygen atoms in total. The number of hydrogen-bond donors (Lipinski definition) is 0. The van der Waals surface area contributed by atoms with Gasteiger partial charge >= 0.3 is 0 Å². The second kappa shape index (κ2) is 5.33. The lowest BCUT2D eigenvalue weighted by atomic mass is 10.2. The summed E-state index contributed by atoms with van der Waals surface area (Å²) < 4.78 is 4.07. The standard InChI is InChI=1S/C14H10N2S2/c1-3-7-11(8-4-1)13-14(15-16-18-13)17-12-9-5-2-6-10-12/h1-10H. The Morgan fingerprint density at radius 3 is 2.22 bits per heavy atom. The van der Waals surface area contributed by atoms with E-state index in [-0.39, 0.29) is 0 Å². The molecule has 0 fully saturated rings. The number of benzene rings is 2. The first-order chi connectivity index (χ1) is 8.93. The maximum atomic E-state index is 4.22. The van der Waals surface area contributed by atoms with Crippen molar-refractivity contribution in [1.82, 2.24) is 9.59 Å². The van der Waals surface area contributed by atoms with Crippen LogP contribution >= 0.6 is 23.3 Å². The van der Waals surface area contributed by atoms with Crippen LogP contribution in [-0.2, 0) is 0 Å². The highest BCUT2D eigenvalue weighted by molar-refractivity contribution is 7.99. The Hall–Kier alpha value is -1.65. The first-order valence-corrected chi connectivity index (χ1v) is 7.13. The Kier molecular flexibility index (Phi) is 3.39. The molecular formula is C14H10N2S2. The second-order valence-corrected chi connectivity index (χ2v) is 5.50. The molecule has 0 aliphatic carbocycles. The minimum Gasteiger partial charge on any atom is -0.131 e. The maximum absolute atomic E-state index is 4.22.